The second-order valence-corrected chi connectivity index (χ2v) is 14.6. The Labute approximate surface area is 270 Å². The minimum atomic E-state index is -2.62. The lowest BCUT2D eigenvalue weighted by Crippen LogP contribution is -2.48. The van der Waals surface area contributed by atoms with Gasteiger partial charge in [0.05, 0.1) is 18.8 Å². The number of aryl methyl sites for hydroxylation is 2. The fourth-order valence-corrected chi connectivity index (χ4v) is 8.29. The predicted octanol–water partition coefficient (Wildman–Crippen LogP) is 5.48. The average molecular weight is 635 g/mol. The Morgan fingerprint density at radius 3 is 2.61 bits per heavy atom. The largest absolute Gasteiger partial charge is 0.338 e. The first-order valence-electron chi connectivity index (χ1n) is 17.1. The SMILES string of the molecule is CC(=O)N1CCc2c(c(N3CCCc4cc(-c5cnn(C)c5)c(C(F)F)cc43)nn2C2CCN(CC3CCNCC3(C)C)CC2)C1. The van der Waals surface area contributed by atoms with Crippen LogP contribution in [0.5, 0.6) is 0 Å². The molecule has 4 aliphatic heterocycles. The van der Waals surface area contributed by atoms with Crippen molar-refractivity contribution in [1.82, 2.24) is 34.7 Å². The molecule has 7 rings (SSSR count). The number of amides is 1. The van der Waals surface area contributed by atoms with Crippen LogP contribution in [-0.4, -0.2) is 81.1 Å². The van der Waals surface area contributed by atoms with Crippen LogP contribution < -0.4 is 10.2 Å². The molecular formula is C35H48F2N8O. The van der Waals surface area contributed by atoms with Gasteiger partial charge in [-0.3, -0.25) is 14.2 Å². The van der Waals surface area contributed by atoms with E-state index in [-0.39, 0.29) is 17.5 Å². The van der Waals surface area contributed by atoms with Gasteiger partial charge in [-0.05, 0) is 73.2 Å². The molecule has 248 valence electrons. The fourth-order valence-electron chi connectivity index (χ4n) is 8.29. The molecule has 46 heavy (non-hydrogen) atoms. The number of hydrogen-bond donors (Lipinski definition) is 1. The van der Waals surface area contributed by atoms with E-state index in [1.54, 1.807) is 37.1 Å². The molecule has 0 bridgehead atoms. The Hall–Kier alpha value is -3.31. The first-order valence-corrected chi connectivity index (χ1v) is 17.1. The number of aromatic nitrogens is 4. The molecule has 0 radical (unpaired) electrons. The molecule has 3 aromatic rings. The van der Waals surface area contributed by atoms with Gasteiger partial charge >= 0.3 is 0 Å². The summed E-state index contributed by atoms with van der Waals surface area (Å²) in [5, 5.41) is 13.1. The van der Waals surface area contributed by atoms with Crippen molar-refractivity contribution in [2.75, 3.05) is 50.7 Å². The number of hydrogen-bond acceptors (Lipinski definition) is 6. The highest BCUT2D eigenvalue weighted by molar-refractivity contribution is 5.78. The Morgan fingerprint density at radius 1 is 1.11 bits per heavy atom. The first-order chi connectivity index (χ1) is 22.1. The molecule has 1 N–H and O–H groups in total. The number of fused-ring (bicyclic) bond motifs is 2. The second kappa shape index (κ2) is 12.4. The molecule has 2 aromatic heterocycles. The number of alkyl halides is 2. The maximum Gasteiger partial charge on any atom is 0.264 e. The molecule has 0 saturated carbocycles. The van der Waals surface area contributed by atoms with E-state index in [9.17, 15) is 13.6 Å². The quantitative estimate of drug-likeness (QED) is 0.387. The standard InChI is InChI=1S/C35H48F2N8O/c1-23(46)43-15-10-31-30(21-43)34(40-45(31)27-8-13-42(14-9-27)20-26-7-11-38-22-35(26,2)3)44-12-5-6-24-16-28(25-18-39-41(4)19-25)29(33(36)37)17-32(24)44/h16-19,26-27,33,38H,5-15,20-22H2,1-4H3. The van der Waals surface area contributed by atoms with Crippen LogP contribution in [-0.2, 0) is 31.2 Å². The summed E-state index contributed by atoms with van der Waals surface area (Å²) >= 11 is 0. The maximum atomic E-state index is 14.6. The van der Waals surface area contributed by atoms with E-state index < -0.39 is 6.43 Å². The van der Waals surface area contributed by atoms with Crippen LogP contribution in [0.25, 0.3) is 11.1 Å². The number of carbonyl (C=O) groups excluding carboxylic acids is 1. The Morgan fingerprint density at radius 2 is 1.91 bits per heavy atom. The molecular weight excluding hydrogens is 586 g/mol. The summed E-state index contributed by atoms with van der Waals surface area (Å²) in [7, 11) is 1.80. The lowest BCUT2D eigenvalue weighted by atomic mass is 9.74. The van der Waals surface area contributed by atoms with Crippen LogP contribution in [0.3, 0.4) is 0 Å². The Kier molecular flexibility index (Phi) is 8.42. The molecule has 1 amide bonds. The van der Waals surface area contributed by atoms with Gasteiger partial charge in [0.25, 0.3) is 6.43 Å². The van der Waals surface area contributed by atoms with Crippen molar-refractivity contribution in [3.05, 3.63) is 46.9 Å². The van der Waals surface area contributed by atoms with Crippen molar-refractivity contribution in [2.24, 2.45) is 18.4 Å². The monoisotopic (exact) mass is 634 g/mol. The van der Waals surface area contributed by atoms with Crippen molar-refractivity contribution in [3.8, 4) is 11.1 Å². The zero-order chi connectivity index (χ0) is 32.2. The van der Waals surface area contributed by atoms with Gasteiger partial charge in [-0.25, -0.2) is 8.78 Å². The number of benzene rings is 1. The molecule has 1 aromatic carbocycles. The van der Waals surface area contributed by atoms with Gasteiger partial charge in [-0.15, -0.1) is 0 Å². The van der Waals surface area contributed by atoms with E-state index in [4.69, 9.17) is 5.10 Å². The first kappa shape index (κ1) is 31.3. The van der Waals surface area contributed by atoms with Crippen LogP contribution in [0.1, 0.15) is 81.3 Å². The highest BCUT2D eigenvalue weighted by Gasteiger charge is 2.37. The van der Waals surface area contributed by atoms with Gasteiger partial charge in [0.2, 0.25) is 5.91 Å². The highest BCUT2D eigenvalue weighted by Crippen LogP contribution is 2.44. The molecule has 0 spiro atoms. The van der Waals surface area contributed by atoms with Crippen LogP contribution >= 0.6 is 0 Å². The van der Waals surface area contributed by atoms with Crippen LogP contribution in [0.2, 0.25) is 0 Å². The third kappa shape index (κ3) is 5.85. The number of nitrogens with zero attached hydrogens (tertiary/aromatic N) is 7. The van der Waals surface area contributed by atoms with E-state index in [2.05, 4.69) is 38.7 Å². The third-order valence-corrected chi connectivity index (χ3v) is 11.1. The van der Waals surface area contributed by atoms with Crippen molar-refractivity contribution in [2.45, 2.75) is 78.3 Å². The smallest absolute Gasteiger partial charge is 0.264 e. The zero-order valence-electron chi connectivity index (χ0n) is 27.7. The van der Waals surface area contributed by atoms with Crippen molar-refractivity contribution in [3.63, 3.8) is 0 Å². The summed E-state index contributed by atoms with van der Waals surface area (Å²) in [5.41, 5.74) is 5.70. The zero-order valence-corrected chi connectivity index (χ0v) is 27.7. The minimum absolute atomic E-state index is 0.0154. The summed E-state index contributed by atoms with van der Waals surface area (Å²) in [4.78, 5) is 19.2. The summed E-state index contributed by atoms with van der Waals surface area (Å²) in [5.74, 6) is 1.58. The average Bonchev–Trinajstić information content (AvgIpc) is 3.64. The molecule has 1 atom stereocenters. The fraction of sp³-hybridized carbons (Fsp3) is 0.629. The van der Waals surface area contributed by atoms with Gasteiger partial charge in [-0.2, -0.15) is 10.2 Å². The number of anilines is 2. The van der Waals surface area contributed by atoms with Gasteiger partial charge in [0, 0.05) is 93.9 Å². The van der Waals surface area contributed by atoms with Crippen molar-refractivity contribution < 1.29 is 13.6 Å². The molecule has 2 fully saturated rings. The van der Waals surface area contributed by atoms with E-state index in [0.717, 1.165) is 87.5 Å². The maximum absolute atomic E-state index is 14.6. The molecule has 1 unspecified atom stereocenters. The van der Waals surface area contributed by atoms with Crippen molar-refractivity contribution in [1.29, 1.82) is 0 Å². The molecule has 11 heteroatoms. The van der Waals surface area contributed by atoms with Gasteiger partial charge in [-0.1, -0.05) is 13.8 Å². The van der Waals surface area contributed by atoms with Crippen molar-refractivity contribution >= 4 is 17.4 Å². The van der Waals surface area contributed by atoms with Crippen LogP contribution in [0, 0.1) is 11.3 Å². The van der Waals surface area contributed by atoms with Crippen LogP contribution in [0.4, 0.5) is 20.3 Å². The van der Waals surface area contributed by atoms with E-state index in [1.807, 2.05) is 11.0 Å². The predicted molar refractivity (Wildman–Crippen MR) is 175 cm³/mol. The normalized spacial score (nSPS) is 22.3. The lowest BCUT2D eigenvalue weighted by molar-refractivity contribution is -0.129. The highest BCUT2D eigenvalue weighted by atomic mass is 19.3. The van der Waals surface area contributed by atoms with Gasteiger partial charge in [0.15, 0.2) is 5.82 Å². The summed E-state index contributed by atoms with van der Waals surface area (Å²) in [6, 6.07) is 3.90. The van der Waals surface area contributed by atoms with E-state index in [1.165, 1.54) is 12.1 Å². The van der Waals surface area contributed by atoms with Crippen LogP contribution in [0.15, 0.2) is 24.5 Å². The summed E-state index contributed by atoms with van der Waals surface area (Å²) < 4.78 is 33.1. The number of halogens is 2. The van der Waals surface area contributed by atoms with E-state index >= 15 is 0 Å². The minimum Gasteiger partial charge on any atom is -0.338 e. The molecule has 4 aliphatic rings. The van der Waals surface area contributed by atoms with E-state index in [0.29, 0.717) is 42.1 Å². The molecule has 2 saturated heterocycles. The number of rotatable bonds is 6. The van der Waals surface area contributed by atoms with Gasteiger partial charge in [0.1, 0.15) is 0 Å². The number of likely N-dealkylation sites (tertiary alicyclic amines) is 1. The number of nitrogens with one attached hydrogen (secondary N) is 1. The number of carbonyl (C=O) groups is 1. The second-order valence-electron chi connectivity index (χ2n) is 14.6. The van der Waals surface area contributed by atoms with Gasteiger partial charge < -0.3 is 20.0 Å². The molecule has 6 heterocycles. The Bertz CT molecular complexity index is 1590. The molecule has 0 aliphatic carbocycles. The summed E-state index contributed by atoms with van der Waals surface area (Å²) in [6.45, 7) is 13.7. The summed E-state index contributed by atoms with van der Waals surface area (Å²) in [6.07, 6.45) is 6.60. The topological polar surface area (TPSA) is 74.5 Å². The number of piperidine rings is 2. The molecule has 9 nitrogen and oxygen atoms in total. The third-order valence-electron chi connectivity index (χ3n) is 11.1. The lowest BCUT2D eigenvalue weighted by Gasteiger charge is -2.43. The Balaban J connectivity index is 1.20.